The molecule has 2 rings (SSSR count). The van der Waals surface area contributed by atoms with Gasteiger partial charge in [0.15, 0.2) is 0 Å². The van der Waals surface area contributed by atoms with Crippen molar-refractivity contribution in [3.05, 3.63) is 59.3 Å². The second-order valence-electron chi connectivity index (χ2n) is 4.30. The van der Waals surface area contributed by atoms with Crippen LogP contribution in [-0.2, 0) is 12.7 Å². The number of nitrogens with two attached hydrogens (primary N) is 1. The van der Waals surface area contributed by atoms with Crippen LogP contribution in [0.3, 0.4) is 0 Å². The third kappa shape index (κ3) is 3.91. The number of aromatic nitrogens is 1. The molecule has 0 spiro atoms. The van der Waals surface area contributed by atoms with Crippen LogP contribution in [-0.4, -0.2) is 9.97 Å². The van der Waals surface area contributed by atoms with Gasteiger partial charge in [0, 0.05) is 18.3 Å². The van der Waals surface area contributed by atoms with E-state index in [1.807, 2.05) is 0 Å². The predicted molar refractivity (Wildman–Crippen MR) is 78.9 cm³/mol. The highest BCUT2D eigenvalue weighted by atomic mass is 32.1. The summed E-state index contributed by atoms with van der Waals surface area (Å²) in [7, 11) is 0. The van der Waals surface area contributed by atoms with Gasteiger partial charge in [-0.25, -0.2) is 4.98 Å². The summed E-state index contributed by atoms with van der Waals surface area (Å²) >= 11 is 4.84. The average molecular weight is 311 g/mol. The summed E-state index contributed by atoms with van der Waals surface area (Å²) in [6, 6.07) is 8.63. The third-order valence-corrected chi connectivity index (χ3v) is 3.06. The van der Waals surface area contributed by atoms with E-state index in [0.29, 0.717) is 11.4 Å². The minimum atomic E-state index is -4.38. The number of alkyl halides is 3. The number of rotatable bonds is 4. The summed E-state index contributed by atoms with van der Waals surface area (Å²) in [5.74, 6) is 0.414. The first-order valence-electron chi connectivity index (χ1n) is 6.03. The zero-order valence-electron chi connectivity index (χ0n) is 10.8. The maximum Gasteiger partial charge on any atom is 0.416 e. The van der Waals surface area contributed by atoms with Crippen molar-refractivity contribution in [2.45, 2.75) is 12.7 Å². The van der Waals surface area contributed by atoms with Crippen molar-refractivity contribution in [2.75, 3.05) is 5.32 Å². The van der Waals surface area contributed by atoms with Crippen molar-refractivity contribution in [3.8, 4) is 0 Å². The SMILES string of the molecule is NC(=S)c1ccnc(NCc2ccccc2C(F)(F)F)c1. The van der Waals surface area contributed by atoms with Gasteiger partial charge < -0.3 is 11.1 Å². The number of halogens is 3. The number of hydrogen-bond acceptors (Lipinski definition) is 3. The number of nitrogens with zero attached hydrogens (tertiary/aromatic N) is 1. The van der Waals surface area contributed by atoms with Gasteiger partial charge in [0.1, 0.15) is 10.8 Å². The molecule has 0 unspecified atom stereocenters. The summed E-state index contributed by atoms with van der Waals surface area (Å²) in [6.07, 6.45) is -2.89. The smallest absolute Gasteiger partial charge is 0.389 e. The van der Waals surface area contributed by atoms with Crippen molar-refractivity contribution in [3.63, 3.8) is 0 Å². The molecule has 21 heavy (non-hydrogen) atoms. The Morgan fingerprint density at radius 2 is 1.95 bits per heavy atom. The highest BCUT2D eigenvalue weighted by molar-refractivity contribution is 7.80. The average Bonchev–Trinajstić information content (AvgIpc) is 2.45. The number of anilines is 1. The number of thiocarbonyl (C=S) groups is 1. The first kappa shape index (κ1) is 15.2. The van der Waals surface area contributed by atoms with Gasteiger partial charge in [-0.3, -0.25) is 0 Å². The Balaban J connectivity index is 2.17. The topological polar surface area (TPSA) is 50.9 Å². The molecular formula is C14H12F3N3S. The molecule has 3 N–H and O–H groups in total. The van der Waals surface area contributed by atoms with Crippen molar-refractivity contribution in [1.82, 2.24) is 4.98 Å². The molecule has 110 valence electrons. The predicted octanol–water partition coefficient (Wildman–Crippen LogP) is 3.35. The molecular weight excluding hydrogens is 299 g/mol. The zero-order chi connectivity index (χ0) is 15.5. The van der Waals surface area contributed by atoms with Crippen LogP contribution in [0.15, 0.2) is 42.6 Å². The Morgan fingerprint density at radius 3 is 2.62 bits per heavy atom. The first-order valence-corrected chi connectivity index (χ1v) is 6.43. The summed E-state index contributed by atoms with van der Waals surface area (Å²) in [6.45, 7) is 0.00344. The van der Waals surface area contributed by atoms with E-state index in [1.165, 1.54) is 18.3 Å². The minimum absolute atomic E-state index is 0.00344. The van der Waals surface area contributed by atoms with Crippen LogP contribution in [0.4, 0.5) is 19.0 Å². The van der Waals surface area contributed by atoms with Crippen LogP contribution in [0.1, 0.15) is 16.7 Å². The lowest BCUT2D eigenvalue weighted by Crippen LogP contribution is -2.13. The van der Waals surface area contributed by atoms with Gasteiger partial charge in [-0.05, 0) is 23.8 Å². The number of nitrogens with one attached hydrogen (secondary N) is 1. The van der Waals surface area contributed by atoms with E-state index in [9.17, 15) is 13.2 Å². The fourth-order valence-electron chi connectivity index (χ4n) is 1.82. The number of hydrogen-bond donors (Lipinski definition) is 2. The molecule has 0 saturated carbocycles. The lowest BCUT2D eigenvalue weighted by molar-refractivity contribution is -0.138. The molecule has 7 heteroatoms. The Labute approximate surface area is 125 Å². The molecule has 0 saturated heterocycles. The summed E-state index contributed by atoms with van der Waals surface area (Å²) in [5.41, 5.74) is 5.58. The third-order valence-electron chi connectivity index (χ3n) is 2.83. The van der Waals surface area contributed by atoms with E-state index in [4.69, 9.17) is 18.0 Å². The second kappa shape index (κ2) is 6.09. The van der Waals surface area contributed by atoms with Crippen LogP contribution in [0.5, 0.6) is 0 Å². The van der Waals surface area contributed by atoms with Gasteiger partial charge in [-0.15, -0.1) is 0 Å². The van der Waals surface area contributed by atoms with Crippen LogP contribution < -0.4 is 11.1 Å². The fourth-order valence-corrected chi connectivity index (χ4v) is 1.94. The molecule has 2 aromatic rings. The molecule has 1 aromatic heterocycles. The maximum atomic E-state index is 12.9. The van der Waals surface area contributed by atoms with Crippen LogP contribution in [0.25, 0.3) is 0 Å². The molecule has 1 aromatic carbocycles. The second-order valence-corrected chi connectivity index (χ2v) is 4.74. The lowest BCUT2D eigenvalue weighted by atomic mass is 10.1. The largest absolute Gasteiger partial charge is 0.416 e. The van der Waals surface area contributed by atoms with Gasteiger partial charge in [-0.2, -0.15) is 13.2 Å². The van der Waals surface area contributed by atoms with Gasteiger partial charge >= 0.3 is 6.18 Å². The van der Waals surface area contributed by atoms with E-state index >= 15 is 0 Å². The van der Waals surface area contributed by atoms with E-state index in [-0.39, 0.29) is 17.1 Å². The van der Waals surface area contributed by atoms with E-state index in [2.05, 4.69) is 10.3 Å². The molecule has 3 nitrogen and oxygen atoms in total. The van der Waals surface area contributed by atoms with Gasteiger partial charge in [0.25, 0.3) is 0 Å². The molecule has 0 bridgehead atoms. The quantitative estimate of drug-likeness (QED) is 0.850. The van der Waals surface area contributed by atoms with Gasteiger partial charge in [0.05, 0.1) is 5.56 Å². The summed E-state index contributed by atoms with van der Waals surface area (Å²) in [4.78, 5) is 4.23. The van der Waals surface area contributed by atoms with E-state index in [1.54, 1.807) is 18.2 Å². The maximum absolute atomic E-state index is 12.9. The van der Waals surface area contributed by atoms with Gasteiger partial charge in [0.2, 0.25) is 0 Å². The van der Waals surface area contributed by atoms with Crippen molar-refractivity contribution in [1.29, 1.82) is 0 Å². The summed E-state index contributed by atoms with van der Waals surface area (Å²) < 4.78 is 38.6. The Hall–Kier alpha value is -2.15. The van der Waals surface area contributed by atoms with Gasteiger partial charge in [-0.1, -0.05) is 30.4 Å². The van der Waals surface area contributed by atoms with Crippen LogP contribution in [0, 0.1) is 0 Å². The molecule has 0 aliphatic rings. The lowest BCUT2D eigenvalue weighted by Gasteiger charge is -2.13. The molecule has 0 fully saturated rings. The van der Waals surface area contributed by atoms with E-state index in [0.717, 1.165) is 6.07 Å². The summed E-state index contributed by atoms with van der Waals surface area (Å²) in [5, 5.41) is 2.84. The minimum Gasteiger partial charge on any atom is -0.389 e. The van der Waals surface area contributed by atoms with Crippen molar-refractivity contribution >= 4 is 23.0 Å². The first-order chi connectivity index (χ1) is 9.88. The normalized spacial score (nSPS) is 11.2. The fraction of sp³-hybridized carbons (Fsp3) is 0.143. The highest BCUT2D eigenvalue weighted by Gasteiger charge is 2.32. The molecule has 0 radical (unpaired) electrons. The van der Waals surface area contributed by atoms with Crippen molar-refractivity contribution in [2.24, 2.45) is 5.73 Å². The number of pyridine rings is 1. The molecule has 1 heterocycles. The Morgan fingerprint density at radius 1 is 1.24 bits per heavy atom. The van der Waals surface area contributed by atoms with Crippen LogP contribution >= 0.6 is 12.2 Å². The molecule has 0 amide bonds. The molecule has 0 atom stereocenters. The van der Waals surface area contributed by atoms with E-state index < -0.39 is 11.7 Å². The zero-order valence-corrected chi connectivity index (χ0v) is 11.6. The Kier molecular flexibility index (Phi) is 4.42. The molecule has 0 aliphatic heterocycles. The van der Waals surface area contributed by atoms with Crippen molar-refractivity contribution < 1.29 is 13.2 Å². The monoisotopic (exact) mass is 311 g/mol. The Bertz CT molecular complexity index is 656. The van der Waals surface area contributed by atoms with Crippen LogP contribution in [0.2, 0.25) is 0 Å². The standard InChI is InChI=1S/C14H12F3N3S/c15-14(16,17)11-4-2-1-3-10(11)8-20-12-7-9(13(18)21)5-6-19-12/h1-7H,8H2,(H2,18,21)(H,19,20). The highest BCUT2D eigenvalue weighted by Crippen LogP contribution is 2.32. The molecule has 0 aliphatic carbocycles. The number of benzene rings is 1.